The average molecular weight is 335 g/mol. The van der Waals surface area contributed by atoms with Crippen LogP contribution in [-0.4, -0.2) is 41.7 Å². The number of carbonyl (C=O) groups excluding carboxylic acids is 1. The number of aliphatic hydroxyl groups excluding tert-OH is 1. The van der Waals surface area contributed by atoms with E-state index in [0.717, 1.165) is 31.2 Å². The first kappa shape index (κ1) is 17.4. The van der Waals surface area contributed by atoms with Crippen molar-refractivity contribution >= 4 is 5.91 Å². The fourth-order valence-electron chi connectivity index (χ4n) is 3.73. The van der Waals surface area contributed by atoms with Crippen LogP contribution in [0.1, 0.15) is 50.2 Å². The predicted molar refractivity (Wildman–Crippen MR) is 88.9 cm³/mol. The number of benzene rings is 1. The van der Waals surface area contributed by atoms with Crippen molar-refractivity contribution in [3.63, 3.8) is 0 Å². The number of hydrogen-bond acceptors (Lipinski definition) is 3. The summed E-state index contributed by atoms with van der Waals surface area (Å²) in [5, 5.41) is 10.5. The molecule has 1 N–H and O–H groups in total. The second-order valence-electron chi connectivity index (χ2n) is 6.93. The molecule has 0 aromatic heterocycles. The van der Waals surface area contributed by atoms with Gasteiger partial charge in [0, 0.05) is 13.1 Å². The summed E-state index contributed by atoms with van der Waals surface area (Å²) in [6.07, 6.45) is 5.71. The first-order valence-electron chi connectivity index (χ1n) is 8.96. The highest BCUT2D eigenvalue weighted by molar-refractivity contribution is 5.77. The number of carbonyl (C=O) groups is 1. The Morgan fingerprint density at radius 1 is 1.17 bits per heavy atom. The van der Waals surface area contributed by atoms with Crippen LogP contribution in [0, 0.1) is 11.7 Å². The van der Waals surface area contributed by atoms with E-state index in [9.17, 15) is 14.3 Å². The van der Waals surface area contributed by atoms with Gasteiger partial charge in [0.25, 0.3) is 0 Å². The Kier molecular flexibility index (Phi) is 5.85. The van der Waals surface area contributed by atoms with Gasteiger partial charge in [0.05, 0.1) is 12.2 Å². The molecule has 1 saturated carbocycles. The van der Waals surface area contributed by atoms with Gasteiger partial charge in [0.15, 0.2) is 0 Å². The molecule has 1 heterocycles. The summed E-state index contributed by atoms with van der Waals surface area (Å²) >= 11 is 0. The van der Waals surface area contributed by atoms with E-state index in [1.54, 1.807) is 12.1 Å². The molecular weight excluding hydrogens is 309 g/mol. The number of nitrogens with zero attached hydrogens (tertiary/aromatic N) is 1. The van der Waals surface area contributed by atoms with Crippen molar-refractivity contribution < 1.29 is 19.0 Å². The summed E-state index contributed by atoms with van der Waals surface area (Å²) in [5.41, 5.74) is 0.741. The average Bonchev–Trinajstić information content (AvgIpc) is 3.13. The number of piperidine rings is 1. The van der Waals surface area contributed by atoms with E-state index in [0.29, 0.717) is 13.1 Å². The maximum atomic E-state index is 13.0. The van der Waals surface area contributed by atoms with Gasteiger partial charge in [0.2, 0.25) is 5.91 Å². The monoisotopic (exact) mass is 335 g/mol. The van der Waals surface area contributed by atoms with Gasteiger partial charge in [-0.25, -0.2) is 4.39 Å². The molecule has 3 rings (SSSR count). The quantitative estimate of drug-likeness (QED) is 0.900. The van der Waals surface area contributed by atoms with Crippen molar-refractivity contribution in [2.75, 3.05) is 19.7 Å². The zero-order chi connectivity index (χ0) is 16.9. The fourth-order valence-corrected chi connectivity index (χ4v) is 3.73. The highest BCUT2D eigenvalue weighted by Crippen LogP contribution is 2.31. The topological polar surface area (TPSA) is 49.8 Å². The molecule has 4 nitrogen and oxygen atoms in total. The van der Waals surface area contributed by atoms with Gasteiger partial charge in [-0.05, 0) is 49.3 Å². The highest BCUT2D eigenvalue weighted by Gasteiger charge is 2.28. The molecule has 0 spiro atoms. The zero-order valence-corrected chi connectivity index (χ0v) is 14.0. The summed E-state index contributed by atoms with van der Waals surface area (Å²) < 4.78 is 18.7. The van der Waals surface area contributed by atoms with E-state index in [4.69, 9.17) is 4.74 Å². The Morgan fingerprint density at radius 2 is 1.79 bits per heavy atom. The summed E-state index contributed by atoms with van der Waals surface area (Å²) in [6.45, 7) is 1.47. The summed E-state index contributed by atoms with van der Waals surface area (Å²) in [7, 11) is 0. The maximum Gasteiger partial charge on any atom is 0.248 e. The molecule has 132 valence electrons. The first-order valence-corrected chi connectivity index (χ1v) is 8.96. The molecule has 1 saturated heterocycles. The van der Waals surface area contributed by atoms with Crippen LogP contribution in [0.5, 0.6) is 0 Å². The maximum absolute atomic E-state index is 13.0. The van der Waals surface area contributed by atoms with E-state index in [-0.39, 0.29) is 30.4 Å². The smallest absolute Gasteiger partial charge is 0.248 e. The van der Waals surface area contributed by atoms with Crippen LogP contribution in [0.4, 0.5) is 4.39 Å². The number of ether oxygens (including phenoxy) is 1. The number of halogens is 1. The third-order valence-corrected chi connectivity index (χ3v) is 5.30. The van der Waals surface area contributed by atoms with Crippen LogP contribution in [0.25, 0.3) is 0 Å². The van der Waals surface area contributed by atoms with Crippen LogP contribution < -0.4 is 0 Å². The van der Waals surface area contributed by atoms with E-state index < -0.39 is 6.10 Å². The molecule has 1 amide bonds. The molecule has 1 aromatic rings. The Morgan fingerprint density at radius 3 is 2.42 bits per heavy atom. The number of hydrogen-bond donors (Lipinski definition) is 1. The summed E-state index contributed by atoms with van der Waals surface area (Å²) in [5.74, 6) is -0.138. The molecule has 1 aliphatic heterocycles. The van der Waals surface area contributed by atoms with Crippen molar-refractivity contribution in [3.8, 4) is 0 Å². The van der Waals surface area contributed by atoms with E-state index in [1.807, 2.05) is 4.90 Å². The molecule has 1 atom stereocenters. The van der Waals surface area contributed by atoms with Gasteiger partial charge in [-0.15, -0.1) is 0 Å². The van der Waals surface area contributed by atoms with Crippen molar-refractivity contribution in [2.24, 2.45) is 5.92 Å². The lowest BCUT2D eigenvalue weighted by molar-refractivity contribution is -0.140. The Labute approximate surface area is 142 Å². The van der Waals surface area contributed by atoms with E-state index >= 15 is 0 Å². The molecular formula is C19H26FNO3. The van der Waals surface area contributed by atoms with Crippen molar-refractivity contribution in [1.29, 1.82) is 0 Å². The molecule has 1 aliphatic carbocycles. The molecule has 24 heavy (non-hydrogen) atoms. The Balaban J connectivity index is 1.44. The SMILES string of the molecule is O=C(COC1CCCC1)N1CCC([C@@H](O)c2ccc(F)cc2)CC1. The van der Waals surface area contributed by atoms with Crippen LogP contribution in [0.15, 0.2) is 24.3 Å². The minimum Gasteiger partial charge on any atom is -0.388 e. The van der Waals surface area contributed by atoms with Gasteiger partial charge in [-0.1, -0.05) is 25.0 Å². The predicted octanol–water partition coefficient (Wildman–Crippen LogP) is 3.06. The lowest BCUT2D eigenvalue weighted by Crippen LogP contribution is -2.41. The molecule has 0 bridgehead atoms. The van der Waals surface area contributed by atoms with Crippen molar-refractivity contribution in [2.45, 2.75) is 50.7 Å². The van der Waals surface area contributed by atoms with Crippen LogP contribution in [0.2, 0.25) is 0 Å². The molecule has 1 aromatic carbocycles. The summed E-state index contributed by atoms with van der Waals surface area (Å²) in [6, 6.07) is 6.01. The number of aliphatic hydroxyl groups is 1. The van der Waals surface area contributed by atoms with Crippen LogP contribution in [-0.2, 0) is 9.53 Å². The standard InChI is InChI=1S/C19H26FNO3/c20-16-7-5-14(6-8-16)19(23)15-9-11-21(12-10-15)18(22)13-24-17-3-1-2-4-17/h5-8,15,17,19,23H,1-4,9-13H2/t19-/m0/s1. The number of amides is 1. The Hall–Kier alpha value is -1.46. The minimum atomic E-state index is -0.599. The van der Waals surface area contributed by atoms with Crippen LogP contribution in [0.3, 0.4) is 0 Å². The Bertz CT molecular complexity index is 534. The fraction of sp³-hybridized carbons (Fsp3) is 0.632. The normalized spacial score (nSPS) is 21.2. The lowest BCUT2D eigenvalue weighted by atomic mass is 9.87. The van der Waals surface area contributed by atoms with Gasteiger partial charge in [0.1, 0.15) is 12.4 Å². The third kappa shape index (κ3) is 4.33. The lowest BCUT2D eigenvalue weighted by Gasteiger charge is -2.34. The van der Waals surface area contributed by atoms with Gasteiger partial charge < -0.3 is 14.7 Å². The molecule has 5 heteroatoms. The van der Waals surface area contributed by atoms with E-state index in [2.05, 4.69) is 0 Å². The largest absolute Gasteiger partial charge is 0.388 e. The van der Waals surface area contributed by atoms with Gasteiger partial charge in [-0.3, -0.25) is 4.79 Å². The van der Waals surface area contributed by atoms with Gasteiger partial charge >= 0.3 is 0 Å². The second kappa shape index (κ2) is 8.08. The van der Waals surface area contributed by atoms with Crippen molar-refractivity contribution in [1.82, 2.24) is 4.90 Å². The third-order valence-electron chi connectivity index (χ3n) is 5.30. The molecule has 2 aliphatic rings. The summed E-state index contributed by atoms with van der Waals surface area (Å²) in [4.78, 5) is 14.1. The first-order chi connectivity index (χ1) is 11.6. The molecule has 0 radical (unpaired) electrons. The second-order valence-corrected chi connectivity index (χ2v) is 6.93. The van der Waals surface area contributed by atoms with Crippen LogP contribution >= 0.6 is 0 Å². The van der Waals surface area contributed by atoms with Gasteiger partial charge in [-0.2, -0.15) is 0 Å². The molecule has 0 unspecified atom stereocenters. The minimum absolute atomic E-state index is 0.0524. The number of rotatable bonds is 5. The van der Waals surface area contributed by atoms with E-state index in [1.165, 1.54) is 25.0 Å². The number of likely N-dealkylation sites (tertiary alicyclic amines) is 1. The zero-order valence-electron chi connectivity index (χ0n) is 14.0. The highest BCUT2D eigenvalue weighted by atomic mass is 19.1. The van der Waals surface area contributed by atoms with Crippen molar-refractivity contribution in [3.05, 3.63) is 35.6 Å². The molecule has 2 fully saturated rings.